The molecule has 3 N–H and O–H groups in total. The van der Waals surface area contributed by atoms with Gasteiger partial charge in [-0.15, -0.1) is 0 Å². The molecule has 0 saturated heterocycles. The lowest BCUT2D eigenvalue weighted by molar-refractivity contribution is -0.150. The molecule has 0 rings (SSSR count). The van der Waals surface area contributed by atoms with Gasteiger partial charge in [-0.2, -0.15) is 0 Å². The second-order valence-electron chi connectivity index (χ2n) is 5.65. The topological polar surface area (TPSA) is 87.0 Å². The SMILES string of the molecule is CC(C)=C(C)C(=O)OCCC(C(C)O)(C(C)O)C(C)O. The number of esters is 1. The summed E-state index contributed by atoms with van der Waals surface area (Å²) in [5.41, 5.74) is 0.309. The highest BCUT2D eigenvalue weighted by molar-refractivity contribution is 5.88. The third kappa shape index (κ3) is 4.30. The molecule has 0 heterocycles. The van der Waals surface area contributed by atoms with Gasteiger partial charge in [0.05, 0.1) is 30.3 Å². The molecule has 5 heteroatoms. The van der Waals surface area contributed by atoms with Gasteiger partial charge in [-0.1, -0.05) is 5.57 Å². The first-order chi connectivity index (χ1) is 9.07. The van der Waals surface area contributed by atoms with Gasteiger partial charge in [-0.05, 0) is 48.0 Å². The molecule has 5 nitrogen and oxygen atoms in total. The fourth-order valence-corrected chi connectivity index (χ4v) is 2.31. The Balaban J connectivity index is 4.82. The molecule has 0 spiro atoms. The molecule has 0 amide bonds. The number of allylic oxidation sites excluding steroid dienone is 1. The van der Waals surface area contributed by atoms with Crippen LogP contribution in [0, 0.1) is 5.41 Å². The first kappa shape index (κ1) is 19.1. The van der Waals surface area contributed by atoms with Gasteiger partial charge in [0.1, 0.15) is 0 Å². The zero-order valence-corrected chi connectivity index (χ0v) is 13.3. The third-order valence-electron chi connectivity index (χ3n) is 4.16. The maximum absolute atomic E-state index is 11.7. The van der Waals surface area contributed by atoms with Gasteiger partial charge in [0, 0.05) is 5.57 Å². The Morgan fingerprint density at radius 3 is 1.70 bits per heavy atom. The highest BCUT2D eigenvalue weighted by atomic mass is 16.5. The maximum atomic E-state index is 11.7. The minimum atomic E-state index is -1.11. The van der Waals surface area contributed by atoms with Crippen LogP contribution in [-0.2, 0) is 9.53 Å². The van der Waals surface area contributed by atoms with Crippen molar-refractivity contribution < 1.29 is 24.9 Å². The lowest BCUT2D eigenvalue weighted by Crippen LogP contribution is -2.51. The molecule has 118 valence electrons. The largest absolute Gasteiger partial charge is 0.462 e. The molecule has 0 radical (unpaired) electrons. The highest BCUT2D eigenvalue weighted by Crippen LogP contribution is 2.35. The quantitative estimate of drug-likeness (QED) is 0.487. The Labute approximate surface area is 121 Å². The molecule has 0 saturated carbocycles. The van der Waals surface area contributed by atoms with Gasteiger partial charge >= 0.3 is 5.97 Å². The zero-order chi connectivity index (χ0) is 16.1. The van der Waals surface area contributed by atoms with E-state index in [0.717, 1.165) is 5.57 Å². The zero-order valence-electron chi connectivity index (χ0n) is 13.3. The Bertz CT molecular complexity index is 330. The fourth-order valence-electron chi connectivity index (χ4n) is 2.31. The van der Waals surface area contributed by atoms with Crippen molar-refractivity contribution in [3.8, 4) is 0 Å². The average Bonchev–Trinajstić information content (AvgIpc) is 2.31. The molecule has 0 aliphatic heterocycles. The molecule has 0 aliphatic carbocycles. The number of carbonyl (C=O) groups is 1. The Morgan fingerprint density at radius 1 is 1.00 bits per heavy atom. The normalized spacial score (nSPS) is 18.6. The van der Waals surface area contributed by atoms with Crippen molar-refractivity contribution in [3.05, 3.63) is 11.1 Å². The fraction of sp³-hybridized carbons (Fsp3) is 0.800. The molecule has 0 fully saturated rings. The van der Waals surface area contributed by atoms with Gasteiger partial charge in [0.25, 0.3) is 0 Å². The molecule has 0 aliphatic rings. The Morgan fingerprint density at radius 2 is 1.40 bits per heavy atom. The Kier molecular flexibility index (Phi) is 7.41. The number of hydrogen-bond donors (Lipinski definition) is 3. The molecule has 0 aromatic carbocycles. The second kappa shape index (κ2) is 7.76. The summed E-state index contributed by atoms with van der Waals surface area (Å²) in [6.07, 6.45) is -2.59. The lowest BCUT2D eigenvalue weighted by atomic mass is 9.71. The summed E-state index contributed by atoms with van der Waals surface area (Å²) in [5, 5.41) is 29.7. The molecule has 3 atom stereocenters. The summed E-state index contributed by atoms with van der Waals surface area (Å²) in [7, 11) is 0. The van der Waals surface area contributed by atoms with Crippen LogP contribution in [0.25, 0.3) is 0 Å². The smallest absolute Gasteiger partial charge is 0.333 e. The van der Waals surface area contributed by atoms with E-state index < -0.39 is 29.7 Å². The van der Waals surface area contributed by atoms with Crippen molar-refractivity contribution in [2.75, 3.05) is 6.61 Å². The van der Waals surface area contributed by atoms with Crippen molar-refractivity contribution >= 4 is 5.97 Å². The van der Waals surface area contributed by atoms with E-state index in [0.29, 0.717) is 5.57 Å². The highest BCUT2D eigenvalue weighted by Gasteiger charge is 2.44. The number of hydrogen-bond acceptors (Lipinski definition) is 5. The van der Waals surface area contributed by atoms with Crippen molar-refractivity contribution in [3.63, 3.8) is 0 Å². The standard InChI is InChI=1S/C15H28O5/c1-9(2)10(3)14(19)20-8-7-15(11(4)16,12(5)17)13(6)18/h11-13,16-18H,7-8H2,1-6H3. The molecule has 3 unspecified atom stereocenters. The van der Waals surface area contributed by atoms with E-state index in [4.69, 9.17) is 4.74 Å². The van der Waals surface area contributed by atoms with Gasteiger partial charge < -0.3 is 20.1 Å². The number of aliphatic hydroxyl groups excluding tert-OH is 3. The molecular weight excluding hydrogens is 260 g/mol. The molecule has 0 aromatic heterocycles. The minimum absolute atomic E-state index is 0.0319. The van der Waals surface area contributed by atoms with E-state index in [9.17, 15) is 20.1 Å². The summed E-state index contributed by atoms with van der Waals surface area (Å²) in [4.78, 5) is 11.7. The van der Waals surface area contributed by atoms with Crippen molar-refractivity contribution in [1.82, 2.24) is 0 Å². The first-order valence-electron chi connectivity index (χ1n) is 6.92. The minimum Gasteiger partial charge on any atom is -0.462 e. The van der Waals surface area contributed by atoms with E-state index in [1.807, 2.05) is 13.8 Å². The van der Waals surface area contributed by atoms with Gasteiger partial charge in [-0.25, -0.2) is 4.79 Å². The van der Waals surface area contributed by atoms with E-state index in [-0.39, 0.29) is 13.0 Å². The van der Waals surface area contributed by atoms with Crippen molar-refractivity contribution in [2.24, 2.45) is 5.41 Å². The average molecular weight is 288 g/mol. The van der Waals surface area contributed by atoms with E-state index >= 15 is 0 Å². The third-order valence-corrected chi connectivity index (χ3v) is 4.16. The molecular formula is C15H28O5. The predicted octanol–water partition coefficient (Wildman–Crippen LogP) is 1.40. The van der Waals surface area contributed by atoms with Crippen LogP contribution in [0.3, 0.4) is 0 Å². The number of ether oxygens (including phenoxy) is 1. The maximum Gasteiger partial charge on any atom is 0.333 e. The van der Waals surface area contributed by atoms with Crippen LogP contribution < -0.4 is 0 Å². The van der Waals surface area contributed by atoms with E-state index in [1.54, 1.807) is 6.92 Å². The van der Waals surface area contributed by atoms with Gasteiger partial charge in [0.15, 0.2) is 0 Å². The van der Waals surface area contributed by atoms with Crippen LogP contribution >= 0.6 is 0 Å². The number of aliphatic hydroxyl groups is 3. The summed E-state index contributed by atoms with van der Waals surface area (Å²) < 4.78 is 5.14. The number of carbonyl (C=O) groups excluding carboxylic acids is 1. The van der Waals surface area contributed by atoms with E-state index in [1.165, 1.54) is 20.8 Å². The summed E-state index contributed by atoms with van der Waals surface area (Å²) in [5.74, 6) is -0.416. The van der Waals surface area contributed by atoms with Gasteiger partial charge in [-0.3, -0.25) is 0 Å². The summed E-state index contributed by atoms with van der Waals surface area (Å²) in [6.45, 7) is 9.91. The molecule has 0 bridgehead atoms. The monoisotopic (exact) mass is 288 g/mol. The second-order valence-corrected chi connectivity index (χ2v) is 5.65. The number of rotatable bonds is 7. The van der Waals surface area contributed by atoms with E-state index in [2.05, 4.69) is 0 Å². The summed E-state index contributed by atoms with van der Waals surface area (Å²) in [6, 6.07) is 0. The Hall–Kier alpha value is -0.910. The predicted molar refractivity (Wildman–Crippen MR) is 77.1 cm³/mol. The molecule has 0 aromatic rings. The van der Waals surface area contributed by atoms with Crippen LogP contribution in [0.5, 0.6) is 0 Å². The van der Waals surface area contributed by atoms with Crippen LogP contribution in [0.1, 0.15) is 48.0 Å². The molecule has 20 heavy (non-hydrogen) atoms. The van der Waals surface area contributed by atoms with Crippen molar-refractivity contribution in [1.29, 1.82) is 0 Å². The van der Waals surface area contributed by atoms with Crippen LogP contribution in [0.2, 0.25) is 0 Å². The lowest BCUT2D eigenvalue weighted by Gasteiger charge is -2.41. The van der Waals surface area contributed by atoms with Crippen LogP contribution in [-0.4, -0.2) is 46.2 Å². The van der Waals surface area contributed by atoms with Crippen LogP contribution in [0.15, 0.2) is 11.1 Å². The van der Waals surface area contributed by atoms with Crippen LogP contribution in [0.4, 0.5) is 0 Å². The first-order valence-corrected chi connectivity index (χ1v) is 6.92. The summed E-state index contributed by atoms with van der Waals surface area (Å²) >= 11 is 0. The van der Waals surface area contributed by atoms with Gasteiger partial charge in [0.2, 0.25) is 0 Å². The van der Waals surface area contributed by atoms with Crippen molar-refractivity contribution in [2.45, 2.75) is 66.3 Å².